The van der Waals surface area contributed by atoms with Crippen molar-refractivity contribution >= 4 is 28.5 Å². The summed E-state index contributed by atoms with van der Waals surface area (Å²) in [6.07, 6.45) is 0.958. The number of aromatic nitrogens is 2. The first kappa shape index (κ1) is 17.3. The average Bonchev–Trinajstić information content (AvgIpc) is 3.02. The number of carbonyl (C=O) groups excluding carboxylic acids is 1. The van der Waals surface area contributed by atoms with Crippen molar-refractivity contribution < 1.29 is 14.7 Å². The Morgan fingerprint density at radius 3 is 2.40 bits per heavy atom. The van der Waals surface area contributed by atoms with Crippen LogP contribution in [0.1, 0.15) is 24.0 Å². The highest BCUT2D eigenvalue weighted by Gasteiger charge is 2.27. The number of anilines is 1. The largest absolute Gasteiger partial charge is 0.481 e. The number of nitrogens with zero attached hydrogens (tertiary/aromatic N) is 3. The van der Waals surface area contributed by atoms with E-state index in [1.165, 1.54) is 11.3 Å². The first-order chi connectivity index (χ1) is 11.9. The van der Waals surface area contributed by atoms with Crippen molar-refractivity contribution in [1.29, 1.82) is 0 Å². The molecule has 0 bridgehead atoms. The Labute approximate surface area is 149 Å². The summed E-state index contributed by atoms with van der Waals surface area (Å²) < 4.78 is 0. The fourth-order valence-electron chi connectivity index (χ4n) is 2.99. The molecule has 3 rings (SSSR count). The standard InChI is InChI=1S/C17H20N4O3S/c1-10-7-11(2)9-13(8-10)14-19-20-16(25-14)18-17(24)21-5-3-12(4-6-21)15(22)23/h7-9,12H,3-6H2,1-2H3,(H,22,23)(H,18,20,24). The van der Waals surface area contributed by atoms with Crippen molar-refractivity contribution in [3.8, 4) is 10.6 Å². The van der Waals surface area contributed by atoms with Gasteiger partial charge in [0.25, 0.3) is 0 Å². The van der Waals surface area contributed by atoms with Gasteiger partial charge in [0.2, 0.25) is 5.13 Å². The minimum atomic E-state index is -0.790. The number of hydrogen-bond acceptors (Lipinski definition) is 5. The Kier molecular flexibility index (Phi) is 4.98. The Bertz CT molecular complexity index is 777. The van der Waals surface area contributed by atoms with Gasteiger partial charge in [0, 0.05) is 18.7 Å². The van der Waals surface area contributed by atoms with Crippen molar-refractivity contribution in [2.24, 2.45) is 5.92 Å². The van der Waals surface area contributed by atoms with E-state index in [4.69, 9.17) is 5.11 Å². The normalized spacial score (nSPS) is 15.2. The minimum Gasteiger partial charge on any atom is -0.481 e. The van der Waals surface area contributed by atoms with Crippen LogP contribution in [0, 0.1) is 19.8 Å². The number of hydrogen-bond donors (Lipinski definition) is 2. The number of piperidine rings is 1. The van der Waals surface area contributed by atoms with Crippen molar-refractivity contribution in [3.63, 3.8) is 0 Å². The van der Waals surface area contributed by atoms with Gasteiger partial charge in [0.05, 0.1) is 5.92 Å². The number of nitrogens with one attached hydrogen (secondary N) is 1. The molecule has 0 saturated carbocycles. The van der Waals surface area contributed by atoms with Crippen molar-refractivity contribution in [2.45, 2.75) is 26.7 Å². The van der Waals surface area contributed by atoms with Crippen LogP contribution in [-0.2, 0) is 4.79 Å². The third kappa shape index (κ3) is 4.14. The number of rotatable bonds is 3. The van der Waals surface area contributed by atoms with E-state index in [0.29, 0.717) is 31.1 Å². The molecule has 0 aliphatic carbocycles. The fraction of sp³-hybridized carbons (Fsp3) is 0.412. The highest BCUT2D eigenvalue weighted by Crippen LogP contribution is 2.28. The zero-order valence-electron chi connectivity index (χ0n) is 14.2. The summed E-state index contributed by atoms with van der Waals surface area (Å²) in [7, 11) is 0. The number of aliphatic carboxylic acids is 1. The number of likely N-dealkylation sites (tertiary alicyclic amines) is 1. The zero-order valence-corrected chi connectivity index (χ0v) is 15.0. The molecule has 0 unspecified atom stereocenters. The van der Waals surface area contributed by atoms with Crippen LogP contribution < -0.4 is 5.32 Å². The lowest BCUT2D eigenvalue weighted by Gasteiger charge is -2.29. The van der Waals surface area contributed by atoms with E-state index < -0.39 is 5.97 Å². The second kappa shape index (κ2) is 7.18. The van der Waals surface area contributed by atoms with E-state index in [-0.39, 0.29) is 11.9 Å². The molecule has 2 aromatic rings. The molecule has 0 atom stereocenters. The van der Waals surface area contributed by atoms with Crippen LogP contribution >= 0.6 is 11.3 Å². The summed E-state index contributed by atoms with van der Waals surface area (Å²) in [6, 6.07) is 5.91. The maximum absolute atomic E-state index is 12.3. The molecule has 7 nitrogen and oxygen atoms in total. The highest BCUT2D eigenvalue weighted by atomic mass is 32.1. The topological polar surface area (TPSA) is 95.4 Å². The van der Waals surface area contributed by atoms with Crippen LogP contribution in [0.15, 0.2) is 18.2 Å². The quantitative estimate of drug-likeness (QED) is 0.877. The first-order valence-corrected chi connectivity index (χ1v) is 8.95. The number of carboxylic acids is 1. The lowest BCUT2D eigenvalue weighted by atomic mass is 9.97. The molecule has 1 aromatic carbocycles. The fourth-order valence-corrected chi connectivity index (χ4v) is 3.71. The van der Waals surface area contributed by atoms with E-state index in [0.717, 1.165) is 21.7 Å². The number of aryl methyl sites for hydroxylation is 2. The van der Waals surface area contributed by atoms with Crippen molar-refractivity contribution in [1.82, 2.24) is 15.1 Å². The zero-order chi connectivity index (χ0) is 18.0. The Balaban J connectivity index is 1.63. The lowest BCUT2D eigenvalue weighted by molar-refractivity contribution is -0.143. The molecule has 2 amide bonds. The molecule has 2 heterocycles. The molecular formula is C17H20N4O3S. The van der Waals surface area contributed by atoms with Gasteiger partial charge in [-0.2, -0.15) is 0 Å². The van der Waals surface area contributed by atoms with Crippen LogP contribution in [0.5, 0.6) is 0 Å². The molecule has 1 aliphatic heterocycles. The number of benzene rings is 1. The Hall–Kier alpha value is -2.48. The molecule has 1 aliphatic rings. The van der Waals surface area contributed by atoms with Gasteiger partial charge < -0.3 is 10.0 Å². The molecule has 25 heavy (non-hydrogen) atoms. The van der Waals surface area contributed by atoms with E-state index in [9.17, 15) is 9.59 Å². The summed E-state index contributed by atoms with van der Waals surface area (Å²) >= 11 is 1.33. The summed E-state index contributed by atoms with van der Waals surface area (Å²) in [5.41, 5.74) is 3.28. The van der Waals surface area contributed by atoms with Gasteiger partial charge in [-0.3, -0.25) is 10.1 Å². The SMILES string of the molecule is Cc1cc(C)cc(-c2nnc(NC(=O)N3CCC(C(=O)O)CC3)s2)c1. The molecule has 1 saturated heterocycles. The third-order valence-corrected chi connectivity index (χ3v) is 5.13. The second-order valence-corrected chi connectivity index (χ2v) is 7.30. The third-order valence-electron chi connectivity index (χ3n) is 4.24. The minimum absolute atomic E-state index is 0.257. The van der Waals surface area contributed by atoms with Gasteiger partial charge in [-0.25, -0.2) is 4.79 Å². The van der Waals surface area contributed by atoms with Gasteiger partial charge >= 0.3 is 12.0 Å². The van der Waals surface area contributed by atoms with Crippen LogP contribution in [0.3, 0.4) is 0 Å². The van der Waals surface area contributed by atoms with Gasteiger partial charge in [-0.05, 0) is 38.8 Å². The monoisotopic (exact) mass is 360 g/mol. The molecule has 1 aromatic heterocycles. The summed E-state index contributed by atoms with van der Waals surface area (Å²) in [6.45, 7) is 4.93. The molecule has 8 heteroatoms. The average molecular weight is 360 g/mol. The highest BCUT2D eigenvalue weighted by molar-refractivity contribution is 7.18. The van der Waals surface area contributed by atoms with Crippen LogP contribution in [0.25, 0.3) is 10.6 Å². The molecule has 1 fully saturated rings. The molecule has 132 valence electrons. The Morgan fingerprint density at radius 2 is 1.80 bits per heavy atom. The summed E-state index contributed by atoms with van der Waals surface area (Å²) in [4.78, 5) is 24.9. The molecule has 0 spiro atoms. The number of carboxylic acid groups (broad SMARTS) is 1. The summed E-state index contributed by atoms with van der Waals surface area (Å²) in [5, 5.41) is 21.2. The predicted octanol–water partition coefficient (Wildman–Crippen LogP) is 3.15. The second-order valence-electron chi connectivity index (χ2n) is 6.32. The van der Waals surface area contributed by atoms with Crippen molar-refractivity contribution in [2.75, 3.05) is 18.4 Å². The van der Waals surface area contributed by atoms with Crippen molar-refractivity contribution in [3.05, 3.63) is 29.3 Å². The predicted molar refractivity (Wildman–Crippen MR) is 95.8 cm³/mol. The van der Waals surface area contributed by atoms with Crippen LogP contribution in [0.2, 0.25) is 0 Å². The number of amides is 2. The lowest BCUT2D eigenvalue weighted by Crippen LogP contribution is -2.42. The molecule has 0 radical (unpaired) electrons. The maximum Gasteiger partial charge on any atom is 0.323 e. The van der Waals surface area contributed by atoms with E-state index in [1.807, 2.05) is 26.0 Å². The first-order valence-electron chi connectivity index (χ1n) is 8.13. The number of carbonyl (C=O) groups is 2. The maximum atomic E-state index is 12.3. The molecule has 2 N–H and O–H groups in total. The van der Waals surface area contributed by atoms with E-state index in [1.54, 1.807) is 4.90 Å². The Morgan fingerprint density at radius 1 is 1.16 bits per heavy atom. The smallest absolute Gasteiger partial charge is 0.323 e. The van der Waals surface area contributed by atoms with Crippen LogP contribution in [-0.4, -0.2) is 45.3 Å². The molecular weight excluding hydrogens is 340 g/mol. The number of urea groups is 1. The summed E-state index contributed by atoms with van der Waals surface area (Å²) in [5.74, 6) is -1.15. The van der Waals surface area contributed by atoms with Gasteiger partial charge in [0.1, 0.15) is 5.01 Å². The van der Waals surface area contributed by atoms with Crippen LogP contribution in [0.4, 0.5) is 9.93 Å². The van der Waals surface area contributed by atoms with E-state index >= 15 is 0 Å². The van der Waals surface area contributed by atoms with Gasteiger partial charge in [-0.15, -0.1) is 10.2 Å². The van der Waals surface area contributed by atoms with Gasteiger partial charge in [-0.1, -0.05) is 28.5 Å². The van der Waals surface area contributed by atoms with Gasteiger partial charge in [0.15, 0.2) is 0 Å². The van der Waals surface area contributed by atoms with E-state index in [2.05, 4.69) is 21.6 Å².